The quantitative estimate of drug-likeness (QED) is 0.219. The molecule has 1 unspecified atom stereocenters. The first-order chi connectivity index (χ1) is 25.0. The number of carbonyl (C=O) groups is 3. The Morgan fingerprint density at radius 2 is 1.71 bits per heavy atom. The van der Waals surface area contributed by atoms with E-state index >= 15 is 0 Å². The molecule has 15 heteroatoms. The van der Waals surface area contributed by atoms with Crippen LogP contribution in [0.4, 0.5) is 16.2 Å². The van der Waals surface area contributed by atoms with E-state index in [4.69, 9.17) is 32.9 Å². The fourth-order valence-corrected chi connectivity index (χ4v) is 6.86. The zero-order valence-electron chi connectivity index (χ0n) is 29.5. The molecule has 13 nitrogen and oxygen atoms in total. The average molecular weight is 750 g/mol. The molecule has 1 fully saturated rings. The predicted molar refractivity (Wildman–Crippen MR) is 201 cm³/mol. The highest BCUT2D eigenvalue weighted by Crippen LogP contribution is 2.26. The van der Waals surface area contributed by atoms with Gasteiger partial charge in [-0.2, -0.15) is 9.50 Å². The molecule has 274 valence electrons. The first-order valence-electron chi connectivity index (χ1n) is 17.4. The van der Waals surface area contributed by atoms with E-state index in [0.717, 1.165) is 37.7 Å². The summed E-state index contributed by atoms with van der Waals surface area (Å²) in [4.78, 5) is 62.3. The van der Waals surface area contributed by atoms with E-state index in [1.165, 1.54) is 11.4 Å². The number of benzene rings is 2. The lowest BCUT2D eigenvalue weighted by Gasteiger charge is -2.36. The molecule has 1 N–H and O–H groups in total. The van der Waals surface area contributed by atoms with Crippen LogP contribution in [0.1, 0.15) is 50.3 Å². The Hall–Kier alpha value is -4.88. The van der Waals surface area contributed by atoms with E-state index in [-0.39, 0.29) is 41.9 Å². The molecular formula is C37H42Cl2N8O5. The van der Waals surface area contributed by atoms with Crippen molar-refractivity contribution in [3.63, 3.8) is 0 Å². The van der Waals surface area contributed by atoms with Gasteiger partial charge in [0.25, 0.3) is 5.56 Å². The van der Waals surface area contributed by atoms with E-state index in [2.05, 4.69) is 22.6 Å². The molecule has 2 aromatic heterocycles. The largest absolute Gasteiger partial charge is 0.446 e. The second kappa shape index (κ2) is 16.2. The maximum Gasteiger partial charge on any atom is 0.410 e. The molecule has 3 amide bonds. The number of amides is 3. The number of ether oxygens (including phenoxy) is 1. The van der Waals surface area contributed by atoms with Crippen LogP contribution in [0, 0.1) is 6.92 Å². The third-order valence-electron chi connectivity index (χ3n) is 9.45. The molecule has 1 saturated heterocycles. The number of nitrogens with one attached hydrogen (secondary N) is 1. The first-order valence-corrected chi connectivity index (χ1v) is 18.2. The SMILES string of the molecule is CC(=O)N1CCN(c2c(C)n(CC(=O)Nc3ccc(Cl)c(Cl)c3)c3nc(-c4ccc(CN(C)C(=O)OC5CC/C=C/CCC5)cc4)nn3c2=O)CC1. The summed E-state index contributed by atoms with van der Waals surface area (Å²) in [5.41, 5.74) is 2.55. The summed E-state index contributed by atoms with van der Waals surface area (Å²) in [6.45, 7) is 5.29. The van der Waals surface area contributed by atoms with Crippen LogP contribution in [0.25, 0.3) is 17.2 Å². The van der Waals surface area contributed by atoms with E-state index < -0.39 is 0 Å². The van der Waals surface area contributed by atoms with Gasteiger partial charge in [0.1, 0.15) is 18.3 Å². The molecule has 1 atom stereocenters. The number of hydrogen-bond acceptors (Lipinski definition) is 8. The van der Waals surface area contributed by atoms with Crippen molar-refractivity contribution in [1.29, 1.82) is 0 Å². The number of nitrogens with zero attached hydrogens (tertiary/aromatic N) is 7. The molecule has 3 heterocycles. The third kappa shape index (κ3) is 8.42. The molecule has 2 aliphatic rings. The van der Waals surface area contributed by atoms with Crippen molar-refractivity contribution >= 4 is 58.3 Å². The van der Waals surface area contributed by atoms with Gasteiger partial charge in [0, 0.05) is 63.6 Å². The maximum atomic E-state index is 14.1. The minimum atomic E-state index is -0.374. The summed E-state index contributed by atoms with van der Waals surface area (Å²) >= 11 is 12.2. The van der Waals surface area contributed by atoms with Crippen LogP contribution in [-0.2, 0) is 27.4 Å². The molecule has 1 aliphatic heterocycles. The smallest absolute Gasteiger partial charge is 0.410 e. The fourth-order valence-electron chi connectivity index (χ4n) is 6.56. The number of anilines is 2. The van der Waals surface area contributed by atoms with Gasteiger partial charge in [-0.25, -0.2) is 4.79 Å². The summed E-state index contributed by atoms with van der Waals surface area (Å²) in [5, 5.41) is 8.13. The molecule has 52 heavy (non-hydrogen) atoms. The summed E-state index contributed by atoms with van der Waals surface area (Å²) in [5.74, 6) is 0.0996. The lowest BCUT2D eigenvalue weighted by atomic mass is 10.0. The van der Waals surface area contributed by atoms with Crippen molar-refractivity contribution < 1.29 is 19.1 Å². The average Bonchev–Trinajstić information content (AvgIpc) is 3.56. The van der Waals surface area contributed by atoms with Crippen LogP contribution in [-0.4, -0.2) is 86.2 Å². The Balaban J connectivity index is 1.26. The number of fused-ring (bicyclic) bond motifs is 1. The minimum absolute atomic E-state index is 0.0234. The van der Waals surface area contributed by atoms with Gasteiger partial charge in [-0.1, -0.05) is 59.6 Å². The molecule has 0 saturated carbocycles. The lowest BCUT2D eigenvalue weighted by molar-refractivity contribution is -0.129. The summed E-state index contributed by atoms with van der Waals surface area (Å²) < 4.78 is 8.69. The van der Waals surface area contributed by atoms with Crippen LogP contribution < -0.4 is 15.8 Å². The molecule has 0 spiro atoms. The third-order valence-corrected chi connectivity index (χ3v) is 10.2. The second-order valence-electron chi connectivity index (χ2n) is 13.2. The lowest BCUT2D eigenvalue weighted by Crippen LogP contribution is -2.50. The highest BCUT2D eigenvalue weighted by molar-refractivity contribution is 6.42. The monoisotopic (exact) mass is 748 g/mol. The Morgan fingerprint density at radius 1 is 0.981 bits per heavy atom. The van der Waals surface area contributed by atoms with Crippen molar-refractivity contribution in [1.82, 2.24) is 29.0 Å². The van der Waals surface area contributed by atoms with Crippen molar-refractivity contribution in [3.05, 3.63) is 86.3 Å². The van der Waals surface area contributed by atoms with Crippen molar-refractivity contribution in [2.45, 2.75) is 65.1 Å². The first kappa shape index (κ1) is 36.9. The van der Waals surface area contributed by atoms with E-state index in [0.29, 0.717) is 71.2 Å². The van der Waals surface area contributed by atoms with Crippen LogP contribution in [0.15, 0.2) is 59.4 Å². The van der Waals surface area contributed by atoms with Crippen LogP contribution >= 0.6 is 23.2 Å². The number of carbonyl (C=O) groups excluding carboxylic acids is 3. The molecular weight excluding hydrogens is 707 g/mol. The summed E-state index contributed by atoms with van der Waals surface area (Å²) in [6, 6.07) is 12.2. The number of piperazine rings is 1. The maximum absolute atomic E-state index is 14.1. The van der Waals surface area contributed by atoms with Crippen molar-refractivity contribution in [2.75, 3.05) is 43.4 Å². The number of aromatic nitrogens is 4. The Morgan fingerprint density at radius 3 is 2.42 bits per heavy atom. The minimum Gasteiger partial charge on any atom is -0.446 e. The second-order valence-corrected chi connectivity index (χ2v) is 14.0. The molecule has 0 radical (unpaired) electrons. The molecule has 0 bridgehead atoms. The Labute approximate surface area is 311 Å². The molecule has 4 aromatic rings. The van der Waals surface area contributed by atoms with Gasteiger partial charge in [-0.15, -0.1) is 5.10 Å². The highest BCUT2D eigenvalue weighted by atomic mass is 35.5. The zero-order valence-corrected chi connectivity index (χ0v) is 31.0. The summed E-state index contributed by atoms with van der Waals surface area (Å²) in [6.07, 6.45) is 8.47. The van der Waals surface area contributed by atoms with E-state index in [9.17, 15) is 19.2 Å². The fraction of sp³-hybridized carbons (Fsp3) is 0.405. The number of rotatable bonds is 8. The van der Waals surface area contributed by atoms with Crippen LogP contribution in [0.2, 0.25) is 10.0 Å². The van der Waals surface area contributed by atoms with Gasteiger partial charge in [-0.05, 0) is 62.8 Å². The van der Waals surface area contributed by atoms with Gasteiger partial charge >= 0.3 is 6.09 Å². The van der Waals surface area contributed by atoms with Gasteiger partial charge in [0.15, 0.2) is 5.82 Å². The van der Waals surface area contributed by atoms with Gasteiger partial charge < -0.3 is 29.3 Å². The molecule has 6 rings (SSSR count). The van der Waals surface area contributed by atoms with Crippen molar-refractivity contribution in [2.24, 2.45) is 0 Å². The number of allylic oxidation sites excluding steroid dienone is 2. The van der Waals surface area contributed by atoms with Gasteiger partial charge in [-0.3, -0.25) is 14.4 Å². The number of halogens is 2. The molecule has 1 aliphatic carbocycles. The van der Waals surface area contributed by atoms with Crippen LogP contribution in [0.3, 0.4) is 0 Å². The van der Waals surface area contributed by atoms with Crippen molar-refractivity contribution in [3.8, 4) is 11.4 Å². The standard InChI is InChI=1S/C37H42Cl2N8O5/c1-24-33(45-19-17-44(18-20-45)25(2)48)35(50)47-36(46(24)23-32(49)40-28-15-16-30(38)31(39)21-28)41-34(42-47)27-13-11-26(12-14-27)22-43(3)37(51)52-29-9-7-5-4-6-8-10-29/h4-5,11-16,21,29H,6-10,17-20,22-23H2,1-3H3,(H,40,49)/b5-4+. The van der Waals surface area contributed by atoms with Gasteiger partial charge in [0.2, 0.25) is 17.6 Å². The van der Waals surface area contributed by atoms with E-state index in [1.807, 2.05) is 29.2 Å². The predicted octanol–water partition coefficient (Wildman–Crippen LogP) is 5.94. The van der Waals surface area contributed by atoms with E-state index in [1.54, 1.807) is 46.5 Å². The number of hydrogen-bond donors (Lipinski definition) is 1. The topological polar surface area (TPSA) is 134 Å². The van der Waals surface area contributed by atoms with Gasteiger partial charge in [0.05, 0.1) is 10.0 Å². The Kier molecular flexibility index (Phi) is 11.5. The van der Waals surface area contributed by atoms with Crippen LogP contribution in [0.5, 0.6) is 0 Å². The Bertz CT molecular complexity index is 2050. The highest BCUT2D eigenvalue weighted by Gasteiger charge is 2.27. The summed E-state index contributed by atoms with van der Waals surface area (Å²) in [7, 11) is 1.72. The normalized spacial score (nSPS) is 17.0. The molecule has 2 aromatic carbocycles. The zero-order chi connectivity index (χ0) is 36.9.